The van der Waals surface area contributed by atoms with Crippen LogP contribution in [0.4, 0.5) is 0 Å². The summed E-state index contributed by atoms with van der Waals surface area (Å²) in [5.74, 6) is 0.680. The van der Waals surface area contributed by atoms with Crippen molar-refractivity contribution < 1.29 is 0 Å². The molecule has 8 heteroatoms. The van der Waals surface area contributed by atoms with Crippen LogP contribution in [-0.4, -0.2) is 24.5 Å². The summed E-state index contributed by atoms with van der Waals surface area (Å²) in [5, 5.41) is 25.2. The number of halogens is 1. The molecule has 21 aromatic rings. The zero-order chi connectivity index (χ0) is 63.8. The zero-order valence-electron chi connectivity index (χ0n) is 52.0. The molecule has 5 nitrogen and oxygen atoms in total. The highest BCUT2D eigenvalue weighted by atomic mass is 35.5. The maximum atomic E-state index is 6.15. The molecule has 0 aliphatic heterocycles. The van der Waals surface area contributed by atoms with Gasteiger partial charge in [0.1, 0.15) is 0 Å². The Morgan fingerprint density at radius 1 is 0.296 bits per heavy atom. The van der Waals surface area contributed by atoms with Crippen molar-refractivity contribution in [1.29, 1.82) is 0 Å². The van der Waals surface area contributed by atoms with Crippen LogP contribution in [0.5, 0.6) is 0 Å². The fourth-order valence-electron chi connectivity index (χ4n) is 15.5. The van der Waals surface area contributed by atoms with Crippen LogP contribution in [0, 0.1) is 0 Å². The standard InChI is InChI=1S/C44H25N3S.C27H16S.C18H11ClN2.CH4/c1-2-13-29(14-3-1)42-33-21-18-28-12-6-9-17-32(28)43(33)46-44(45-42)47-36-22-19-26-10-4-7-15-30(26)40(36)34-24-35-39(25-37(34)47)48-38-23-20-27-11-5-8-16-31(27)41(35)38;1-3-7-20-16(5-1)9-10-18-13-19-14-25-23(15-22(19)26(18)20)27-21-8-4-2-6-17(21)11-12-24(27)28-25;19-18-20-16(13-7-2-1-3-8-13)15-11-10-12-6-4-5-9-14(12)17(15)21-18;/h1-25H;1-12,14-15H,13H2;1-11H;1H4. The van der Waals surface area contributed by atoms with Crippen molar-refractivity contribution in [3.63, 3.8) is 0 Å². The van der Waals surface area contributed by atoms with Gasteiger partial charge in [0.25, 0.3) is 0 Å². The summed E-state index contributed by atoms with van der Waals surface area (Å²) >= 11 is 9.94. The largest absolute Gasteiger partial charge is 0.278 e. The highest BCUT2D eigenvalue weighted by molar-refractivity contribution is 7.26. The number of benzene rings is 16. The predicted molar refractivity (Wildman–Crippen MR) is 422 cm³/mol. The third-order valence-electron chi connectivity index (χ3n) is 19.8. The predicted octanol–water partition coefficient (Wildman–Crippen LogP) is 25.9. The molecular formula is C90H56ClN5S2. The molecule has 0 amide bonds. The number of thiophene rings is 2. The number of aromatic nitrogens is 5. The molecule has 1 aliphatic carbocycles. The van der Waals surface area contributed by atoms with Crippen LogP contribution in [0.1, 0.15) is 18.6 Å². The number of rotatable bonds is 3. The molecule has 22 rings (SSSR count). The molecular weight excluding hydrogens is 1250 g/mol. The summed E-state index contributed by atoms with van der Waals surface area (Å²) in [7, 11) is 0. The molecule has 460 valence electrons. The van der Waals surface area contributed by atoms with E-state index in [2.05, 4.69) is 275 Å². The lowest BCUT2D eigenvalue weighted by Gasteiger charge is -2.13. The van der Waals surface area contributed by atoms with Crippen molar-refractivity contribution in [1.82, 2.24) is 24.5 Å². The van der Waals surface area contributed by atoms with Crippen LogP contribution in [0.25, 0.3) is 188 Å². The Morgan fingerprint density at radius 3 is 1.32 bits per heavy atom. The number of nitrogens with zero attached hydrogens (tertiary/aromatic N) is 5. The van der Waals surface area contributed by atoms with E-state index in [0.717, 1.165) is 77.9 Å². The lowest BCUT2D eigenvalue weighted by atomic mass is 9.96. The summed E-state index contributed by atoms with van der Waals surface area (Å²) in [4.78, 5) is 19.7. The minimum Gasteiger partial charge on any atom is -0.278 e. The molecule has 0 fully saturated rings. The number of fused-ring (bicyclic) bond motifs is 26. The summed E-state index contributed by atoms with van der Waals surface area (Å²) in [6, 6.07) is 109. The minimum absolute atomic E-state index is 0. The normalized spacial score (nSPS) is 12.0. The van der Waals surface area contributed by atoms with Gasteiger partial charge in [0, 0.05) is 83.8 Å². The lowest BCUT2D eigenvalue weighted by molar-refractivity contribution is 1.02. The summed E-state index contributed by atoms with van der Waals surface area (Å²) in [6.07, 6.45) is 1.04. The van der Waals surface area contributed by atoms with E-state index in [4.69, 9.17) is 21.6 Å². The first-order chi connectivity index (χ1) is 48.0. The Bertz CT molecular complexity index is 6870. The Labute approximate surface area is 576 Å². The van der Waals surface area contributed by atoms with E-state index in [-0.39, 0.29) is 12.7 Å². The average Bonchev–Trinajstić information content (AvgIpc) is 1.54. The van der Waals surface area contributed by atoms with Crippen molar-refractivity contribution in [3.8, 4) is 39.6 Å². The van der Waals surface area contributed by atoms with Crippen molar-refractivity contribution in [2.45, 2.75) is 13.8 Å². The summed E-state index contributed by atoms with van der Waals surface area (Å²) < 4.78 is 7.65. The van der Waals surface area contributed by atoms with Gasteiger partial charge < -0.3 is 0 Å². The first-order valence-corrected chi connectivity index (χ1v) is 34.7. The van der Waals surface area contributed by atoms with E-state index >= 15 is 0 Å². The first-order valence-electron chi connectivity index (χ1n) is 32.7. The van der Waals surface area contributed by atoms with Crippen LogP contribution in [0.15, 0.2) is 303 Å². The number of hydrogen-bond donors (Lipinski definition) is 0. The minimum atomic E-state index is 0. The second-order valence-corrected chi connectivity index (χ2v) is 27.7. The van der Waals surface area contributed by atoms with E-state index in [9.17, 15) is 0 Å². The van der Waals surface area contributed by atoms with Gasteiger partial charge in [0.15, 0.2) is 0 Å². The topological polar surface area (TPSA) is 56.5 Å². The third-order valence-corrected chi connectivity index (χ3v) is 22.2. The lowest BCUT2D eigenvalue weighted by Crippen LogP contribution is -2.03. The number of hydrogen-bond acceptors (Lipinski definition) is 6. The molecule has 5 aromatic heterocycles. The van der Waals surface area contributed by atoms with E-state index in [1.807, 2.05) is 65.1 Å². The van der Waals surface area contributed by atoms with Crippen LogP contribution >= 0.6 is 34.3 Å². The second kappa shape index (κ2) is 23.0. The van der Waals surface area contributed by atoms with Gasteiger partial charge in [0.2, 0.25) is 11.2 Å². The fourth-order valence-corrected chi connectivity index (χ4v) is 17.9. The molecule has 0 atom stereocenters. The van der Waals surface area contributed by atoms with Crippen molar-refractivity contribution in [3.05, 3.63) is 320 Å². The smallest absolute Gasteiger partial charge is 0.235 e. The average molecular weight is 1310 g/mol. The molecule has 16 aromatic carbocycles. The molecule has 0 N–H and O–H groups in total. The molecule has 0 unspecified atom stereocenters. The van der Waals surface area contributed by atoms with Gasteiger partial charge >= 0.3 is 0 Å². The van der Waals surface area contributed by atoms with Crippen molar-refractivity contribution in [2.75, 3.05) is 0 Å². The quantitative estimate of drug-likeness (QED) is 0.131. The van der Waals surface area contributed by atoms with Gasteiger partial charge in [-0.1, -0.05) is 256 Å². The molecule has 0 saturated carbocycles. The molecule has 5 heterocycles. The molecule has 0 spiro atoms. The first kappa shape index (κ1) is 57.7. The molecule has 0 radical (unpaired) electrons. The Kier molecular flexibility index (Phi) is 13.5. The van der Waals surface area contributed by atoms with Gasteiger partial charge in [-0.3, -0.25) is 4.57 Å². The van der Waals surface area contributed by atoms with Gasteiger partial charge in [-0.15, -0.1) is 22.7 Å². The maximum Gasteiger partial charge on any atom is 0.235 e. The third kappa shape index (κ3) is 9.19. The zero-order valence-corrected chi connectivity index (χ0v) is 54.4. The molecule has 1 aliphatic rings. The Morgan fingerprint density at radius 2 is 0.735 bits per heavy atom. The Balaban J connectivity index is 0.000000114. The van der Waals surface area contributed by atoms with E-state index in [0.29, 0.717) is 5.95 Å². The highest BCUT2D eigenvalue weighted by Crippen LogP contribution is 2.49. The fraction of sp³-hybridized carbons (Fsp3) is 0.0222. The maximum absolute atomic E-state index is 6.15. The van der Waals surface area contributed by atoms with E-state index in [1.165, 1.54) is 122 Å². The van der Waals surface area contributed by atoms with Gasteiger partial charge in [-0.2, -0.15) is 0 Å². The van der Waals surface area contributed by atoms with Crippen LogP contribution in [0.2, 0.25) is 5.28 Å². The summed E-state index contributed by atoms with van der Waals surface area (Å²) in [5.41, 5.74) is 13.8. The monoisotopic (exact) mass is 1310 g/mol. The van der Waals surface area contributed by atoms with Crippen LogP contribution in [-0.2, 0) is 6.42 Å². The Hall–Kier alpha value is -11.7. The van der Waals surface area contributed by atoms with Gasteiger partial charge in [-0.25, -0.2) is 19.9 Å². The van der Waals surface area contributed by atoms with Gasteiger partial charge in [-0.05, 0) is 149 Å². The van der Waals surface area contributed by atoms with Crippen LogP contribution < -0.4 is 0 Å². The second-order valence-electron chi connectivity index (χ2n) is 25.2. The highest BCUT2D eigenvalue weighted by Gasteiger charge is 2.25. The van der Waals surface area contributed by atoms with E-state index < -0.39 is 0 Å². The summed E-state index contributed by atoms with van der Waals surface area (Å²) in [6.45, 7) is 0. The van der Waals surface area contributed by atoms with Crippen molar-refractivity contribution >= 4 is 183 Å². The SMILES string of the molecule is C.Clc1nc(-c2ccccc2)c2ccc3ccccc3c2n1.c1ccc(-c2nc(-n3c4cc5sc6ccc7ccccc7c6c5cc4c4c5ccccc5ccc43)nc3c2ccc2ccccc23)cc1.c1ccc2c3c(ccc2c1)Cc1cc2sc4ccc5ccccc5c4c2cc1-3. The molecule has 0 saturated heterocycles. The van der Waals surface area contributed by atoms with Gasteiger partial charge in [0.05, 0.1) is 33.5 Å². The molecule has 98 heavy (non-hydrogen) atoms. The van der Waals surface area contributed by atoms with Crippen molar-refractivity contribution in [2.24, 2.45) is 0 Å². The van der Waals surface area contributed by atoms with E-state index in [1.54, 1.807) is 0 Å². The van der Waals surface area contributed by atoms with Crippen LogP contribution in [0.3, 0.4) is 0 Å². The molecule has 0 bridgehead atoms.